The molecule has 0 unspecified atom stereocenters. The summed E-state index contributed by atoms with van der Waals surface area (Å²) in [7, 11) is 0. The predicted molar refractivity (Wildman–Crippen MR) is 47.1 cm³/mol. The number of carbonyl (C=O) groups is 1. The number of cyclic esters (lactones) is 2. The van der Waals surface area contributed by atoms with E-state index in [0.717, 1.165) is 0 Å². The Morgan fingerprint density at radius 1 is 1.36 bits per heavy atom. The van der Waals surface area contributed by atoms with Gasteiger partial charge in [-0.3, -0.25) is 0 Å². The minimum atomic E-state index is -2.29. The molecule has 1 fully saturated rings. The van der Waals surface area contributed by atoms with E-state index in [1.807, 2.05) is 0 Å². The summed E-state index contributed by atoms with van der Waals surface area (Å²) >= 11 is 0. The highest BCUT2D eigenvalue weighted by Crippen LogP contribution is 2.38. The largest absolute Gasteiger partial charge is 0.518 e. The maximum atomic E-state index is 10.4. The molecule has 0 aliphatic carbocycles. The Bertz CT molecular complexity index is 252. The lowest BCUT2D eigenvalue weighted by Crippen LogP contribution is -2.65. The molecule has 1 saturated heterocycles. The second-order valence-electron chi connectivity index (χ2n) is 3.05. The Morgan fingerprint density at radius 2 is 1.79 bits per heavy atom. The molecule has 2 N–H and O–H groups in total. The molecule has 0 radical (unpaired) electrons. The van der Waals surface area contributed by atoms with Gasteiger partial charge in [-0.05, 0) is 0 Å². The first-order chi connectivity index (χ1) is 6.47. The number of hydrogen-bond donors (Lipinski definition) is 2. The van der Waals surface area contributed by atoms with Gasteiger partial charge >= 0.3 is 12.1 Å². The molecule has 1 heterocycles. The summed E-state index contributed by atoms with van der Waals surface area (Å²) in [5.74, 6) is -2.29. The quantitative estimate of drug-likeness (QED) is 0.504. The lowest BCUT2D eigenvalue weighted by Gasteiger charge is -2.44. The number of rotatable bonds is 5. The third kappa shape index (κ3) is 1.51. The van der Waals surface area contributed by atoms with Crippen LogP contribution in [0.3, 0.4) is 0 Å². The minimum Gasteiger partial charge on any atom is -0.379 e. The van der Waals surface area contributed by atoms with E-state index in [1.54, 1.807) is 0 Å². The Balaban J connectivity index is 2.81. The van der Waals surface area contributed by atoms with Gasteiger partial charge in [0, 0.05) is 12.8 Å². The van der Waals surface area contributed by atoms with Gasteiger partial charge in [0.1, 0.15) is 0 Å². The molecule has 0 amide bonds. The highest BCUT2D eigenvalue weighted by Gasteiger charge is 2.62. The second-order valence-corrected chi connectivity index (χ2v) is 3.05. The van der Waals surface area contributed by atoms with Gasteiger partial charge in [-0.2, -0.15) is 0 Å². The second kappa shape index (κ2) is 3.43. The molecule has 14 heavy (non-hydrogen) atoms. The Hall–Kier alpha value is -1.33. The Kier molecular flexibility index (Phi) is 2.64. The monoisotopic (exact) mass is 200 g/mol. The van der Waals surface area contributed by atoms with Crippen molar-refractivity contribution in [3.05, 3.63) is 25.3 Å². The number of aliphatic hydroxyl groups is 2. The first-order valence-corrected chi connectivity index (χ1v) is 4.06. The van der Waals surface area contributed by atoms with Gasteiger partial charge < -0.3 is 19.7 Å². The van der Waals surface area contributed by atoms with Crippen LogP contribution < -0.4 is 0 Å². The van der Waals surface area contributed by atoms with E-state index in [-0.39, 0.29) is 12.8 Å². The Morgan fingerprint density at radius 3 is 2.07 bits per heavy atom. The van der Waals surface area contributed by atoms with E-state index in [2.05, 4.69) is 22.6 Å². The van der Waals surface area contributed by atoms with Crippen molar-refractivity contribution in [1.29, 1.82) is 0 Å². The highest BCUT2D eigenvalue weighted by molar-refractivity contribution is 5.65. The molecule has 0 atom stereocenters. The lowest BCUT2D eigenvalue weighted by atomic mass is 9.92. The van der Waals surface area contributed by atoms with Gasteiger partial charge in [0.25, 0.3) is 0 Å². The van der Waals surface area contributed by atoms with Crippen molar-refractivity contribution in [2.45, 2.75) is 24.4 Å². The van der Waals surface area contributed by atoms with Crippen LogP contribution in [0.15, 0.2) is 25.3 Å². The molecule has 1 rings (SSSR count). The van der Waals surface area contributed by atoms with Gasteiger partial charge in [0.05, 0.1) is 0 Å². The van der Waals surface area contributed by atoms with Crippen LogP contribution in [0, 0.1) is 0 Å². The Labute approximate surface area is 81.3 Å². The topological polar surface area (TPSA) is 76.0 Å². The van der Waals surface area contributed by atoms with E-state index in [9.17, 15) is 15.0 Å². The van der Waals surface area contributed by atoms with E-state index < -0.39 is 17.7 Å². The average molecular weight is 200 g/mol. The third-order valence-electron chi connectivity index (χ3n) is 2.00. The zero-order valence-corrected chi connectivity index (χ0v) is 7.60. The van der Waals surface area contributed by atoms with Crippen LogP contribution in [0.1, 0.15) is 12.8 Å². The molecule has 5 heteroatoms. The number of hydrogen-bond acceptors (Lipinski definition) is 5. The molecule has 1 aliphatic rings. The van der Waals surface area contributed by atoms with Crippen LogP contribution in [0.25, 0.3) is 0 Å². The molecule has 0 bridgehead atoms. The standard InChI is InChI=1S/C9H12O5/c1-3-5-8(11,6-4-2)9(12)13-7(10)14-9/h3-4,11-12H,1-2,5-6H2. The fourth-order valence-electron chi connectivity index (χ4n) is 1.24. The molecule has 0 saturated carbocycles. The van der Waals surface area contributed by atoms with Gasteiger partial charge in [0.15, 0.2) is 5.60 Å². The first-order valence-electron chi connectivity index (χ1n) is 4.06. The van der Waals surface area contributed by atoms with Crippen molar-refractivity contribution in [2.24, 2.45) is 0 Å². The molecule has 78 valence electrons. The molecular weight excluding hydrogens is 188 g/mol. The lowest BCUT2D eigenvalue weighted by molar-refractivity contribution is -0.446. The van der Waals surface area contributed by atoms with Gasteiger partial charge in [-0.1, -0.05) is 12.2 Å². The number of ether oxygens (including phenoxy) is 2. The molecular formula is C9H12O5. The van der Waals surface area contributed by atoms with Crippen LogP contribution in [-0.4, -0.2) is 27.9 Å². The van der Waals surface area contributed by atoms with Gasteiger partial charge in [-0.25, -0.2) is 4.79 Å². The molecule has 0 aromatic rings. The van der Waals surface area contributed by atoms with Crippen molar-refractivity contribution in [3.63, 3.8) is 0 Å². The van der Waals surface area contributed by atoms with Crippen LogP contribution in [0.4, 0.5) is 4.79 Å². The maximum Gasteiger partial charge on any atom is 0.518 e. The normalized spacial score (nSPS) is 18.9. The summed E-state index contributed by atoms with van der Waals surface area (Å²) in [6, 6.07) is 0. The van der Waals surface area contributed by atoms with E-state index >= 15 is 0 Å². The smallest absolute Gasteiger partial charge is 0.379 e. The summed E-state index contributed by atoms with van der Waals surface area (Å²) in [6.45, 7) is 6.83. The average Bonchev–Trinajstić information content (AvgIpc) is 2.02. The van der Waals surface area contributed by atoms with Crippen molar-refractivity contribution in [3.8, 4) is 0 Å². The first kappa shape index (κ1) is 10.7. The molecule has 0 aromatic heterocycles. The zero-order chi connectivity index (χ0) is 10.8. The van der Waals surface area contributed by atoms with E-state index in [1.165, 1.54) is 12.2 Å². The summed E-state index contributed by atoms with van der Waals surface area (Å²) in [6.07, 6.45) is 1.79. The summed E-state index contributed by atoms with van der Waals surface area (Å²) in [5.41, 5.74) is -1.73. The summed E-state index contributed by atoms with van der Waals surface area (Å²) < 4.78 is 8.69. The summed E-state index contributed by atoms with van der Waals surface area (Å²) in [4.78, 5) is 10.4. The summed E-state index contributed by atoms with van der Waals surface area (Å²) in [5, 5.41) is 19.5. The molecule has 0 aromatic carbocycles. The van der Waals surface area contributed by atoms with Crippen molar-refractivity contribution >= 4 is 6.16 Å². The molecule has 5 nitrogen and oxygen atoms in total. The van der Waals surface area contributed by atoms with Gasteiger partial charge in [-0.15, -0.1) is 13.2 Å². The van der Waals surface area contributed by atoms with Crippen LogP contribution in [-0.2, 0) is 9.47 Å². The SMILES string of the molecule is C=CCC(O)(CC=C)C1(O)OC(=O)O1. The van der Waals surface area contributed by atoms with E-state index in [4.69, 9.17) is 0 Å². The molecule has 1 aliphatic heterocycles. The predicted octanol–water partition coefficient (Wildman–Crippen LogP) is 0.683. The third-order valence-corrected chi connectivity index (χ3v) is 2.00. The van der Waals surface area contributed by atoms with Gasteiger partial charge in [0.2, 0.25) is 0 Å². The fourth-order valence-corrected chi connectivity index (χ4v) is 1.24. The highest BCUT2D eigenvalue weighted by atomic mass is 17.0. The maximum absolute atomic E-state index is 10.4. The minimum absolute atomic E-state index is 0.0167. The van der Waals surface area contributed by atoms with Crippen LogP contribution in [0.5, 0.6) is 0 Å². The number of carbonyl (C=O) groups excluding carboxylic acids is 1. The van der Waals surface area contributed by atoms with E-state index in [0.29, 0.717) is 0 Å². The molecule has 0 spiro atoms. The van der Waals surface area contributed by atoms with Crippen molar-refractivity contribution < 1.29 is 24.5 Å². The van der Waals surface area contributed by atoms with Crippen LogP contribution >= 0.6 is 0 Å². The zero-order valence-electron chi connectivity index (χ0n) is 7.60. The van der Waals surface area contributed by atoms with Crippen LogP contribution in [0.2, 0.25) is 0 Å². The van der Waals surface area contributed by atoms with Crippen molar-refractivity contribution in [1.82, 2.24) is 0 Å². The van der Waals surface area contributed by atoms with Crippen molar-refractivity contribution in [2.75, 3.05) is 0 Å². The fraction of sp³-hybridized carbons (Fsp3) is 0.444.